The van der Waals surface area contributed by atoms with Crippen molar-refractivity contribution in [3.05, 3.63) is 82.9 Å². The van der Waals surface area contributed by atoms with Crippen molar-refractivity contribution in [1.29, 1.82) is 0 Å². The van der Waals surface area contributed by atoms with E-state index in [9.17, 15) is 14.4 Å². The summed E-state index contributed by atoms with van der Waals surface area (Å²) in [6.07, 6.45) is 0. The molecule has 1 atom stereocenters. The first-order valence-corrected chi connectivity index (χ1v) is 10.3. The van der Waals surface area contributed by atoms with Gasteiger partial charge in [-0.3, -0.25) is 14.5 Å². The third-order valence-corrected chi connectivity index (χ3v) is 5.56. The zero-order chi connectivity index (χ0) is 21.1. The standard InChI is InChI=1S/C22H20N4O3S/c1-15(27)23-21-24-18(14-30-21)13-26-20(28)19(17-10-6-3-7-11-17)25(22(26)29)12-16-8-4-2-5-9-16/h2-11,14,19H,12-13H2,1H3,(H,23,24,27). The number of carbonyl (C=O) groups excluding carboxylic acids is 3. The molecule has 8 heteroatoms. The monoisotopic (exact) mass is 420 g/mol. The smallest absolute Gasteiger partial charge is 0.304 e. The fraction of sp³-hybridized carbons (Fsp3) is 0.182. The molecule has 1 fully saturated rings. The van der Waals surface area contributed by atoms with E-state index in [1.54, 1.807) is 10.3 Å². The predicted octanol–water partition coefficient (Wildman–Crippen LogP) is 3.81. The molecule has 1 saturated heterocycles. The highest BCUT2D eigenvalue weighted by atomic mass is 32.1. The van der Waals surface area contributed by atoms with E-state index < -0.39 is 6.04 Å². The lowest BCUT2D eigenvalue weighted by molar-refractivity contribution is -0.129. The van der Waals surface area contributed by atoms with Gasteiger partial charge in [-0.2, -0.15) is 0 Å². The van der Waals surface area contributed by atoms with Crippen LogP contribution in [0.25, 0.3) is 0 Å². The zero-order valence-corrected chi connectivity index (χ0v) is 17.1. The van der Waals surface area contributed by atoms with Crippen LogP contribution in [-0.4, -0.2) is 32.6 Å². The molecule has 1 aliphatic rings. The molecule has 1 N–H and O–H groups in total. The van der Waals surface area contributed by atoms with Crippen LogP contribution in [0.3, 0.4) is 0 Å². The van der Waals surface area contributed by atoms with Crippen molar-refractivity contribution in [2.24, 2.45) is 0 Å². The fourth-order valence-electron chi connectivity index (χ4n) is 3.43. The highest BCUT2D eigenvalue weighted by molar-refractivity contribution is 7.13. The Hall–Kier alpha value is -3.52. The number of carbonyl (C=O) groups is 3. The van der Waals surface area contributed by atoms with Gasteiger partial charge in [0, 0.05) is 18.8 Å². The topological polar surface area (TPSA) is 82.6 Å². The molecule has 30 heavy (non-hydrogen) atoms. The summed E-state index contributed by atoms with van der Waals surface area (Å²) in [5.74, 6) is -0.501. The van der Waals surface area contributed by atoms with Gasteiger partial charge in [0.05, 0.1) is 12.2 Å². The molecule has 0 spiro atoms. The second kappa shape index (κ2) is 8.46. The van der Waals surface area contributed by atoms with Gasteiger partial charge in [-0.1, -0.05) is 60.7 Å². The number of nitrogens with one attached hydrogen (secondary N) is 1. The van der Waals surface area contributed by atoms with Crippen LogP contribution in [0, 0.1) is 0 Å². The molecule has 0 saturated carbocycles. The van der Waals surface area contributed by atoms with Gasteiger partial charge >= 0.3 is 6.03 Å². The van der Waals surface area contributed by atoms with Crippen LogP contribution in [0.15, 0.2) is 66.0 Å². The second-order valence-corrected chi connectivity index (χ2v) is 7.82. The Morgan fingerprint density at radius 3 is 2.37 bits per heavy atom. The average molecular weight is 420 g/mol. The van der Waals surface area contributed by atoms with Crippen LogP contribution < -0.4 is 5.32 Å². The lowest BCUT2D eigenvalue weighted by Gasteiger charge is -2.22. The van der Waals surface area contributed by atoms with Crippen molar-refractivity contribution in [3.63, 3.8) is 0 Å². The van der Waals surface area contributed by atoms with Gasteiger partial charge in [0.2, 0.25) is 5.91 Å². The van der Waals surface area contributed by atoms with Gasteiger partial charge in [-0.05, 0) is 11.1 Å². The molecule has 1 unspecified atom stereocenters. The van der Waals surface area contributed by atoms with Gasteiger partial charge in [-0.15, -0.1) is 11.3 Å². The summed E-state index contributed by atoms with van der Waals surface area (Å²) < 4.78 is 0. The molecule has 0 radical (unpaired) electrons. The zero-order valence-electron chi connectivity index (χ0n) is 16.3. The van der Waals surface area contributed by atoms with E-state index in [2.05, 4.69) is 10.3 Å². The Morgan fingerprint density at radius 2 is 1.70 bits per heavy atom. The van der Waals surface area contributed by atoms with Crippen LogP contribution in [0.2, 0.25) is 0 Å². The average Bonchev–Trinajstić information content (AvgIpc) is 3.27. The largest absolute Gasteiger partial charge is 0.328 e. The lowest BCUT2D eigenvalue weighted by atomic mass is 10.1. The molecule has 4 rings (SSSR count). The minimum atomic E-state index is -0.688. The third kappa shape index (κ3) is 4.08. The maximum absolute atomic E-state index is 13.3. The number of anilines is 1. The van der Waals surface area contributed by atoms with E-state index in [1.807, 2.05) is 60.7 Å². The first-order valence-electron chi connectivity index (χ1n) is 9.46. The first-order chi connectivity index (χ1) is 14.5. The SMILES string of the molecule is CC(=O)Nc1nc(CN2C(=O)C(c3ccccc3)N(Cc3ccccc3)C2=O)cs1. The minimum absolute atomic E-state index is 0.0579. The van der Waals surface area contributed by atoms with E-state index in [-0.39, 0.29) is 24.4 Å². The minimum Gasteiger partial charge on any atom is -0.304 e. The molecule has 7 nitrogen and oxygen atoms in total. The lowest BCUT2D eigenvalue weighted by Crippen LogP contribution is -2.32. The molecule has 4 amide bonds. The number of aromatic nitrogens is 1. The molecule has 2 heterocycles. The summed E-state index contributed by atoms with van der Waals surface area (Å²) in [4.78, 5) is 44.9. The van der Waals surface area contributed by atoms with Crippen molar-refractivity contribution in [2.75, 3.05) is 5.32 Å². The number of imide groups is 1. The van der Waals surface area contributed by atoms with Gasteiger partial charge in [0.25, 0.3) is 5.91 Å². The molecular weight excluding hydrogens is 400 g/mol. The first kappa shape index (κ1) is 19.8. The molecule has 2 aromatic carbocycles. The van der Waals surface area contributed by atoms with Gasteiger partial charge in [0.15, 0.2) is 5.13 Å². The number of rotatable bonds is 6. The van der Waals surface area contributed by atoms with E-state index in [1.165, 1.54) is 23.2 Å². The highest BCUT2D eigenvalue weighted by Crippen LogP contribution is 2.33. The number of urea groups is 1. The van der Waals surface area contributed by atoms with Crippen LogP contribution in [0.5, 0.6) is 0 Å². The summed E-state index contributed by atoms with van der Waals surface area (Å²) in [5, 5.41) is 4.80. The highest BCUT2D eigenvalue weighted by Gasteiger charge is 2.45. The fourth-order valence-corrected chi connectivity index (χ4v) is 4.18. The van der Waals surface area contributed by atoms with Crippen molar-refractivity contribution in [3.8, 4) is 0 Å². The molecule has 0 aliphatic carbocycles. The molecule has 3 aromatic rings. The number of hydrogen-bond acceptors (Lipinski definition) is 5. The normalized spacial score (nSPS) is 16.2. The van der Waals surface area contributed by atoms with Crippen LogP contribution >= 0.6 is 11.3 Å². The van der Waals surface area contributed by atoms with Crippen LogP contribution in [0.4, 0.5) is 9.93 Å². The summed E-state index contributed by atoms with van der Waals surface area (Å²) in [6.45, 7) is 1.79. The summed E-state index contributed by atoms with van der Waals surface area (Å²) in [7, 11) is 0. The Morgan fingerprint density at radius 1 is 1.03 bits per heavy atom. The van der Waals surface area contributed by atoms with Crippen molar-refractivity contribution in [1.82, 2.24) is 14.8 Å². The third-order valence-electron chi connectivity index (χ3n) is 4.75. The van der Waals surface area contributed by atoms with Gasteiger partial charge in [-0.25, -0.2) is 9.78 Å². The van der Waals surface area contributed by atoms with Crippen LogP contribution in [0.1, 0.15) is 29.8 Å². The maximum Gasteiger partial charge on any atom is 0.328 e. The van der Waals surface area contributed by atoms with E-state index in [0.29, 0.717) is 17.4 Å². The van der Waals surface area contributed by atoms with Crippen LogP contribution in [-0.2, 0) is 22.7 Å². The molecule has 1 aromatic heterocycles. The number of hydrogen-bond donors (Lipinski definition) is 1. The molecule has 1 aliphatic heterocycles. The molecular formula is C22H20N4O3S. The number of thiazole rings is 1. The Labute approximate surface area is 178 Å². The number of nitrogens with zero attached hydrogens (tertiary/aromatic N) is 3. The second-order valence-electron chi connectivity index (χ2n) is 6.96. The number of amides is 4. The van der Waals surface area contributed by atoms with Crippen molar-refractivity contribution < 1.29 is 14.4 Å². The Bertz CT molecular complexity index is 1070. The van der Waals surface area contributed by atoms with E-state index in [0.717, 1.165) is 11.1 Å². The summed E-state index contributed by atoms with van der Waals surface area (Å²) >= 11 is 1.26. The molecule has 152 valence electrons. The van der Waals surface area contributed by atoms with E-state index in [4.69, 9.17) is 0 Å². The summed E-state index contributed by atoms with van der Waals surface area (Å²) in [6, 6.07) is 17.9. The maximum atomic E-state index is 13.3. The quantitative estimate of drug-likeness (QED) is 0.615. The van der Waals surface area contributed by atoms with Gasteiger partial charge < -0.3 is 10.2 Å². The van der Waals surface area contributed by atoms with Crippen molar-refractivity contribution >= 4 is 34.3 Å². The number of benzene rings is 2. The van der Waals surface area contributed by atoms with Crippen molar-refractivity contribution in [2.45, 2.75) is 26.1 Å². The summed E-state index contributed by atoms with van der Waals surface area (Å²) in [5.41, 5.74) is 2.27. The van der Waals surface area contributed by atoms with Gasteiger partial charge in [0.1, 0.15) is 6.04 Å². The molecule has 0 bridgehead atoms. The Kier molecular flexibility index (Phi) is 5.58. The predicted molar refractivity (Wildman–Crippen MR) is 114 cm³/mol. The Balaban J connectivity index is 1.62. The van der Waals surface area contributed by atoms with E-state index >= 15 is 0 Å².